The number of carbonyl (C=O) groups is 2. The SMILES string of the molecule is CC(C)(C)c1csc(NC(=O)C(Cc2c[nH]c3ccccc23)NC(=O)c2cccs2)n1. The number of anilines is 1. The summed E-state index contributed by atoms with van der Waals surface area (Å²) in [6.45, 7) is 6.23. The van der Waals surface area contributed by atoms with Gasteiger partial charge in [0.15, 0.2) is 5.13 Å². The standard InChI is InChI=1S/C23H24N4O2S2/c1-23(2,3)19-13-31-22(26-19)27-20(28)17(25-21(29)18-9-6-10-30-18)11-14-12-24-16-8-5-4-7-15(14)16/h4-10,12-13,17,24H,11H2,1-3H3,(H,25,29)(H,26,27,28). The molecule has 6 nitrogen and oxygen atoms in total. The normalized spacial score (nSPS) is 12.6. The molecule has 0 aliphatic carbocycles. The molecule has 1 aromatic carbocycles. The summed E-state index contributed by atoms with van der Waals surface area (Å²) in [5.41, 5.74) is 2.78. The van der Waals surface area contributed by atoms with Gasteiger partial charge >= 0.3 is 0 Å². The first kappa shape index (κ1) is 21.3. The van der Waals surface area contributed by atoms with Crippen molar-refractivity contribution in [2.75, 3.05) is 5.32 Å². The third-order valence-electron chi connectivity index (χ3n) is 4.97. The van der Waals surface area contributed by atoms with Gasteiger partial charge in [0.05, 0.1) is 10.6 Å². The van der Waals surface area contributed by atoms with Crippen molar-refractivity contribution in [3.05, 3.63) is 69.5 Å². The van der Waals surface area contributed by atoms with Gasteiger partial charge in [0.2, 0.25) is 5.91 Å². The van der Waals surface area contributed by atoms with Crippen molar-refractivity contribution in [2.24, 2.45) is 0 Å². The Kier molecular flexibility index (Phi) is 5.93. The van der Waals surface area contributed by atoms with Gasteiger partial charge in [-0.05, 0) is 23.1 Å². The minimum Gasteiger partial charge on any atom is -0.361 e. The number of carbonyl (C=O) groups excluding carboxylic acids is 2. The largest absolute Gasteiger partial charge is 0.361 e. The highest BCUT2D eigenvalue weighted by atomic mass is 32.1. The van der Waals surface area contributed by atoms with Crippen LogP contribution in [-0.4, -0.2) is 27.8 Å². The molecule has 0 fully saturated rings. The van der Waals surface area contributed by atoms with Gasteiger partial charge in [0.25, 0.3) is 5.91 Å². The highest BCUT2D eigenvalue weighted by Gasteiger charge is 2.25. The average molecular weight is 453 g/mol. The quantitative estimate of drug-likeness (QED) is 0.386. The molecule has 0 bridgehead atoms. The highest BCUT2D eigenvalue weighted by Crippen LogP contribution is 2.27. The second kappa shape index (κ2) is 8.64. The van der Waals surface area contributed by atoms with Crippen LogP contribution in [0.1, 0.15) is 41.7 Å². The highest BCUT2D eigenvalue weighted by molar-refractivity contribution is 7.14. The van der Waals surface area contributed by atoms with Crippen LogP contribution < -0.4 is 10.6 Å². The fourth-order valence-electron chi connectivity index (χ4n) is 3.23. The second-order valence-electron chi connectivity index (χ2n) is 8.34. The Labute approximate surface area is 188 Å². The molecule has 0 radical (unpaired) electrons. The molecule has 8 heteroatoms. The van der Waals surface area contributed by atoms with E-state index < -0.39 is 6.04 Å². The number of aromatic nitrogens is 2. The summed E-state index contributed by atoms with van der Waals surface area (Å²) in [6, 6.07) is 10.7. The molecule has 4 rings (SSSR count). The van der Waals surface area contributed by atoms with Crippen LogP contribution in [0.2, 0.25) is 0 Å². The molecule has 0 spiro atoms. The smallest absolute Gasteiger partial charge is 0.262 e. The maximum Gasteiger partial charge on any atom is 0.262 e. The molecule has 31 heavy (non-hydrogen) atoms. The molecule has 0 aliphatic rings. The van der Waals surface area contributed by atoms with Gasteiger partial charge in [0.1, 0.15) is 6.04 Å². The van der Waals surface area contributed by atoms with E-state index in [1.54, 1.807) is 6.07 Å². The maximum absolute atomic E-state index is 13.2. The third-order valence-corrected chi connectivity index (χ3v) is 6.59. The summed E-state index contributed by atoms with van der Waals surface area (Å²) in [5.74, 6) is -0.547. The van der Waals surface area contributed by atoms with E-state index in [2.05, 4.69) is 41.4 Å². The molecule has 3 heterocycles. The number of fused-ring (bicyclic) bond motifs is 1. The van der Waals surface area contributed by atoms with E-state index in [4.69, 9.17) is 0 Å². The van der Waals surface area contributed by atoms with Gasteiger partial charge < -0.3 is 15.6 Å². The first-order chi connectivity index (χ1) is 14.8. The van der Waals surface area contributed by atoms with E-state index in [0.717, 1.165) is 22.2 Å². The van der Waals surface area contributed by atoms with Crippen molar-refractivity contribution in [3.63, 3.8) is 0 Å². The van der Waals surface area contributed by atoms with E-state index in [9.17, 15) is 9.59 Å². The number of hydrogen-bond donors (Lipinski definition) is 3. The molecule has 2 amide bonds. The van der Waals surface area contributed by atoms with Crippen molar-refractivity contribution in [1.82, 2.24) is 15.3 Å². The lowest BCUT2D eigenvalue weighted by Crippen LogP contribution is -2.45. The van der Waals surface area contributed by atoms with Crippen molar-refractivity contribution < 1.29 is 9.59 Å². The third kappa shape index (κ3) is 4.86. The lowest BCUT2D eigenvalue weighted by Gasteiger charge is -2.17. The van der Waals surface area contributed by atoms with Gasteiger partial charge in [-0.15, -0.1) is 22.7 Å². The van der Waals surface area contributed by atoms with E-state index in [0.29, 0.717) is 16.4 Å². The number of hydrogen-bond acceptors (Lipinski definition) is 5. The summed E-state index contributed by atoms with van der Waals surface area (Å²) in [5, 5.41) is 11.2. The van der Waals surface area contributed by atoms with Crippen LogP contribution in [-0.2, 0) is 16.6 Å². The number of H-pyrrole nitrogens is 1. The number of nitrogens with zero attached hydrogens (tertiary/aromatic N) is 1. The summed E-state index contributed by atoms with van der Waals surface area (Å²) >= 11 is 2.73. The Morgan fingerprint density at radius 3 is 2.65 bits per heavy atom. The zero-order valence-electron chi connectivity index (χ0n) is 17.6. The van der Waals surface area contributed by atoms with Gasteiger partial charge in [-0.3, -0.25) is 9.59 Å². The van der Waals surface area contributed by atoms with Crippen molar-refractivity contribution in [2.45, 2.75) is 38.6 Å². The molecule has 0 saturated carbocycles. The molecule has 0 aliphatic heterocycles. The number of thiophene rings is 1. The van der Waals surface area contributed by atoms with Gasteiger partial charge in [-0.25, -0.2) is 4.98 Å². The fraction of sp³-hybridized carbons (Fsp3) is 0.261. The summed E-state index contributed by atoms with van der Waals surface area (Å²) in [7, 11) is 0. The Morgan fingerprint density at radius 2 is 1.94 bits per heavy atom. The average Bonchev–Trinajstić information content (AvgIpc) is 3.48. The summed E-state index contributed by atoms with van der Waals surface area (Å²) in [4.78, 5) is 34.2. The van der Waals surface area contributed by atoms with Crippen LogP contribution in [0.4, 0.5) is 5.13 Å². The topological polar surface area (TPSA) is 86.9 Å². The Hall–Kier alpha value is -2.97. The zero-order chi connectivity index (χ0) is 22.0. The minimum absolute atomic E-state index is 0.101. The van der Waals surface area contributed by atoms with Crippen LogP contribution in [0.15, 0.2) is 53.4 Å². The van der Waals surface area contributed by atoms with Crippen molar-refractivity contribution in [3.8, 4) is 0 Å². The van der Waals surface area contributed by atoms with Crippen LogP contribution in [0.25, 0.3) is 10.9 Å². The second-order valence-corrected chi connectivity index (χ2v) is 10.1. The molecule has 160 valence electrons. The molecular weight excluding hydrogens is 428 g/mol. The summed E-state index contributed by atoms with van der Waals surface area (Å²) < 4.78 is 0. The Morgan fingerprint density at radius 1 is 1.13 bits per heavy atom. The van der Waals surface area contributed by atoms with E-state index in [1.807, 2.05) is 47.3 Å². The molecular formula is C23H24N4O2S2. The molecule has 3 N–H and O–H groups in total. The Balaban J connectivity index is 1.57. The monoisotopic (exact) mass is 452 g/mol. The lowest BCUT2D eigenvalue weighted by atomic mass is 9.93. The van der Waals surface area contributed by atoms with Crippen LogP contribution in [0.3, 0.4) is 0 Å². The first-order valence-electron chi connectivity index (χ1n) is 9.97. The van der Waals surface area contributed by atoms with E-state index >= 15 is 0 Å². The number of para-hydroxylation sites is 1. The number of rotatable bonds is 6. The van der Waals surface area contributed by atoms with Crippen LogP contribution in [0, 0.1) is 0 Å². The zero-order valence-corrected chi connectivity index (χ0v) is 19.2. The molecule has 3 aromatic heterocycles. The van der Waals surface area contributed by atoms with E-state index in [1.165, 1.54) is 22.7 Å². The molecule has 4 aromatic rings. The number of nitrogens with one attached hydrogen (secondary N) is 3. The maximum atomic E-state index is 13.2. The van der Waals surface area contributed by atoms with Crippen LogP contribution in [0.5, 0.6) is 0 Å². The van der Waals surface area contributed by atoms with Gasteiger partial charge in [-0.1, -0.05) is 45.0 Å². The molecule has 1 unspecified atom stereocenters. The fourth-order valence-corrected chi connectivity index (χ4v) is 4.80. The van der Waals surface area contributed by atoms with Crippen molar-refractivity contribution in [1.29, 1.82) is 0 Å². The van der Waals surface area contributed by atoms with E-state index in [-0.39, 0.29) is 17.2 Å². The van der Waals surface area contributed by atoms with Gasteiger partial charge in [-0.2, -0.15) is 0 Å². The minimum atomic E-state index is -0.740. The van der Waals surface area contributed by atoms with Crippen molar-refractivity contribution >= 4 is 50.5 Å². The predicted molar refractivity (Wildman–Crippen MR) is 127 cm³/mol. The predicted octanol–water partition coefficient (Wildman–Crippen LogP) is 4.96. The number of aromatic amines is 1. The molecule has 0 saturated heterocycles. The molecule has 1 atom stereocenters. The van der Waals surface area contributed by atoms with Gasteiger partial charge in [0, 0.05) is 34.3 Å². The number of amides is 2. The van der Waals surface area contributed by atoms with Crippen LogP contribution >= 0.6 is 22.7 Å². The summed E-state index contributed by atoms with van der Waals surface area (Å²) in [6.07, 6.45) is 2.26. The number of thiazole rings is 1. The number of benzene rings is 1. The lowest BCUT2D eigenvalue weighted by molar-refractivity contribution is -0.118. The first-order valence-corrected chi connectivity index (χ1v) is 11.7. The Bertz CT molecular complexity index is 1200.